The quantitative estimate of drug-likeness (QED) is 0.699. The highest BCUT2D eigenvalue weighted by molar-refractivity contribution is 5.68. The monoisotopic (exact) mass is 227 g/mol. The number of hydrogen-bond acceptors (Lipinski definition) is 3. The van der Waals surface area contributed by atoms with Crippen LogP contribution in [-0.2, 0) is 9.47 Å². The summed E-state index contributed by atoms with van der Waals surface area (Å²) in [6.07, 6.45) is 3.68. The summed E-state index contributed by atoms with van der Waals surface area (Å²) in [5.41, 5.74) is -0.0626. The molecule has 0 aromatic rings. The first kappa shape index (κ1) is 11.7. The van der Waals surface area contributed by atoms with Crippen LogP contribution < -0.4 is 5.32 Å². The highest BCUT2D eigenvalue weighted by Gasteiger charge is 2.47. The summed E-state index contributed by atoms with van der Waals surface area (Å²) in [6, 6.07) is 0. The minimum Gasteiger partial charge on any atom is -0.446 e. The van der Waals surface area contributed by atoms with E-state index >= 15 is 0 Å². The highest BCUT2D eigenvalue weighted by Crippen LogP contribution is 2.42. The van der Waals surface area contributed by atoms with Gasteiger partial charge in [0.05, 0.1) is 12.2 Å². The minimum absolute atomic E-state index is 0.0668. The van der Waals surface area contributed by atoms with Crippen LogP contribution in [0.1, 0.15) is 46.5 Å². The number of amides is 1. The third-order valence-electron chi connectivity index (χ3n) is 3.15. The van der Waals surface area contributed by atoms with Gasteiger partial charge in [0.2, 0.25) is 0 Å². The van der Waals surface area contributed by atoms with Gasteiger partial charge in [0.25, 0.3) is 0 Å². The zero-order valence-corrected chi connectivity index (χ0v) is 10.3. The van der Waals surface area contributed by atoms with Gasteiger partial charge in [-0.25, -0.2) is 4.79 Å². The second kappa shape index (κ2) is 3.91. The molecule has 2 rings (SSSR count). The molecule has 1 N–H and O–H groups in total. The average Bonchev–Trinajstić information content (AvgIpc) is 2.87. The number of alkyl carbamates (subject to hydrolysis) is 1. The number of epoxide rings is 1. The van der Waals surface area contributed by atoms with Crippen molar-refractivity contribution in [2.45, 2.75) is 63.7 Å². The molecule has 0 bridgehead atoms. The summed E-state index contributed by atoms with van der Waals surface area (Å²) < 4.78 is 10.8. The molecule has 0 atom stereocenters. The highest BCUT2D eigenvalue weighted by atomic mass is 16.6. The lowest BCUT2D eigenvalue weighted by molar-refractivity contribution is 0.0524. The molecule has 1 spiro atoms. The van der Waals surface area contributed by atoms with Crippen molar-refractivity contribution in [1.29, 1.82) is 0 Å². The van der Waals surface area contributed by atoms with E-state index in [1.165, 1.54) is 0 Å². The Balaban J connectivity index is 1.72. The fraction of sp³-hybridized carbons (Fsp3) is 0.917. The van der Waals surface area contributed by atoms with Crippen LogP contribution in [-0.4, -0.2) is 29.9 Å². The van der Waals surface area contributed by atoms with Gasteiger partial charge >= 0.3 is 6.09 Å². The lowest BCUT2D eigenvalue weighted by atomic mass is 9.88. The molecule has 0 radical (unpaired) electrons. The van der Waals surface area contributed by atoms with Crippen LogP contribution in [0.3, 0.4) is 0 Å². The molecule has 2 fully saturated rings. The second-order valence-electron chi connectivity index (χ2n) is 5.95. The zero-order chi connectivity index (χ0) is 11.8. The Bertz CT molecular complexity index is 268. The molecule has 4 nitrogen and oxygen atoms in total. The van der Waals surface area contributed by atoms with Crippen molar-refractivity contribution in [1.82, 2.24) is 5.32 Å². The van der Waals surface area contributed by atoms with E-state index < -0.39 is 0 Å². The summed E-state index contributed by atoms with van der Waals surface area (Å²) in [5.74, 6) is 0. The Morgan fingerprint density at radius 2 is 1.94 bits per heavy atom. The number of rotatable bonds is 1. The molecule has 0 unspecified atom stereocenters. The third kappa shape index (κ3) is 3.11. The number of nitrogens with one attached hydrogen (secondary N) is 1. The van der Waals surface area contributed by atoms with Gasteiger partial charge in [-0.15, -0.1) is 0 Å². The van der Waals surface area contributed by atoms with E-state index in [1.54, 1.807) is 0 Å². The molecular weight excluding hydrogens is 206 g/mol. The Labute approximate surface area is 96.7 Å². The van der Waals surface area contributed by atoms with E-state index in [0.29, 0.717) is 0 Å². The first-order chi connectivity index (χ1) is 7.39. The van der Waals surface area contributed by atoms with Crippen LogP contribution in [0.4, 0.5) is 4.79 Å². The van der Waals surface area contributed by atoms with Crippen LogP contribution in [0.25, 0.3) is 0 Å². The average molecular weight is 227 g/mol. The van der Waals surface area contributed by atoms with Crippen molar-refractivity contribution in [3.05, 3.63) is 0 Å². The summed E-state index contributed by atoms with van der Waals surface area (Å²) in [7, 11) is 0. The standard InChI is InChI=1S/C12H21NO3/c1-11(2,3)13-10(14)16-9-4-6-12(7-5-9)8-15-12/h9H,4-8H2,1-3H3,(H,13,14). The molecule has 1 saturated heterocycles. The maximum atomic E-state index is 11.5. The number of hydrogen-bond donors (Lipinski definition) is 1. The maximum Gasteiger partial charge on any atom is 0.407 e. The molecule has 1 amide bonds. The van der Waals surface area contributed by atoms with E-state index in [0.717, 1.165) is 32.3 Å². The van der Waals surface area contributed by atoms with E-state index in [2.05, 4.69) is 5.32 Å². The first-order valence-electron chi connectivity index (χ1n) is 6.01. The SMILES string of the molecule is CC(C)(C)NC(=O)OC1CCC2(CC1)CO2. The molecule has 1 aliphatic carbocycles. The Hall–Kier alpha value is -0.770. The van der Waals surface area contributed by atoms with Gasteiger partial charge in [0.1, 0.15) is 6.10 Å². The van der Waals surface area contributed by atoms with Crippen LogP contribution in [0.5, 0.6) is 0 Å². The third-order valence-corrected chi connectivity index (χ3v) is 3.15. The number of carbonyl (C=O) groups is 1. The van der Waals surface area contributed by atoms with Gasteiger partial charge < -0.3 is 14.8 Å². The maximum absolute atomic E-state index is 11.5. The van der Waals surface area contributed by atoms with Crippen LogP contribution in [0.2, 0.25) is 0 Å². The molecule has 0 aromatic carbocycles. The molecule has 1 aliphatic heterocycles. The van der Waals surface area contributed by atoms with Gasteiger partial charge in [-0.05, 0) is 46.5 Å². The topological polar surface area (TPSA) is 50.9 Å². The number of carbonyl (C=O) groups excluding carboxylic acids is 1. The van der Waals surface area contributed by atoms with E-state index in [-0.39, 0.29) is 23.3 Å². The molecule has 1 heterocycles. The molecule has 2 aliphatic rings. The van der Waals surface area contributed by atoms with Crippen molar-refractivity contribution in [3.8, 4) is 0 Å². The molecule has 1 saturated carbocycles. The van der Waals surface area contributed by atoms with Gasteiger partial charge in [-0.1, -0.05) is 0 Å². The lowest BCUT2D eigenvalue weighted by Crippen LogP contribution is -2.43. The van der Waals surface area contributed by atoms with Gasteiger partial charge in [0.15, 0.2) is 0 Å². The molecule has 92 valence electrons. The van der Waals surface area contributed by atoms with E-state index in [1.807, 2.05) is 20.8 Å². The summed E-state index contributed by atoms with van der Waals surface area (Å²) in [6.45, 7) is 6.74. The summed E-state index contributed by atoms with van der Waals surface area (Å²) >= 11 is 0. The van der Waals surface area contributed by atoms with E-state index in [9.17, 15) is 4.79 Å². The smallest absolute Gasteiger partial charge is 0.407 e. The fourth-order valence-corrected chi connectivity index (χ4v) is 2.11. The second-order valence-corrected chi connectivity index (χ2v) is 5.95. The zero-order valence-electron chi connectivity index (χ0n) is 10.3. The molecule has 4 heteroatoms. The predicted molar refractivity (Wildman–Crippen MR) is 60.3 cm³/mol. The van der Waals surface area contributed by atoms with Crippen molar-refractivity contribution in [2.75, 3.05) is 6.61 Å². The van der Waals surface area contributed by atoms with E-state index in [4.69, 9.17) is 9.47 Å². The molecule has 16 heavy (non-hydrogen) atoms. The fourth-order valence-electron chi connectivity index (χ4n) is 2.11. The van der Waals surface area contributed by atoms with Crippen molar-refractivity contribution in [3.63, 3.8) is 0 Å². The molecular formula is C12H21NO3. The minimum atomic E-state index is -0.301. The van der Waals surface area contributed by atoms with Crippen LogP contribution in [0, 0.1) is 0 Å². The summed E-state index contributed by atoms with van der Waals surface area (Å²) in [5, 5.41) is 2.81. The Kier molecular flexibility index (Phi) is 2.86. The number of ether oxygens (including phenoxy) is 2. The normalized spacial score (nSPS) is 33.6. The van der Waals surface area contributed by atoms with Gasteiger partial charge in [-0.3, -0.25) is 0 Å². The van der Waals surface area contributed by atoms with Gasteiger partial charge in [-0.2, -0.15) is 0 Å². The largest absolute Gasteiger partial charge is 0.446 e. The Morgan fingerprint density at radius 3 is 2.38 bits per heavy atom. The van der Waals surface area contributed by atoms with Crippen molar-refractivity contribution >= 4 is 6.09 Å². The first-order valence-corrected chi connectivity index (χ1v) is 6.01. The Morgan fingerprint density at radius 1 is 1.38 bits per heavy atom. The predicted octanol–water partition coefficient (Wildman–Crippen LogP) is 2.22. The van der Waals surface area contributed by atoms with Crippen LogP contribution >= 0.6 is 0 Å². The molecule has 0 aromatic heterocycles. The van der Waals surface area contributed by atoms with Crippen molar-refractivity contribution in [2.24, 2.45) is 0 Å². The van der Waals surface area contributed by atoms with Gasteiger partial charge in [0, 0.05) is 5.54 Å². The van der Waals surface area contributed by atoms with Crippen LogP contribution in [0.15, 0.2) is 0 Å². The summed E-state index contributed by atoms with van der Waals surface area (Å²) in [4.78, 5) is 11.5. The van der Waals surface area contributed by atoms with Crippen molar-refractivity contribution < 1.29 is 14.3 Å². The lowest BCUT2D eigenvalue weighted by Gasteiger charge is -2.28.